The zero-order chi connectivity index (χ0) is 19.9. The van der Waals surface area contributed by atoms with Crippen LogP contribution >= 0.6 is 0 Å². The van der Waals surface area contributed by atoms with Gasteiger partial charge in [-0.15, -0.1) is 0 Å². The number of carbonyl (C=O) groups is 1. The summed E-state index contributed by atoms with van der Waals surface area (Å²) in [5, 5.41) is 9.85. The van der Waals surface area contributed by atoms with Crippen LogP contribution in [0.5, 0.6) is 0 Å². The van der Waals surface area contributed by atoms with Crippen LogP contribution in [-0.2, 0) is 4.79 Å². The fourth-order valence-corrected chi connectivity index (χ4v) is 3.76. The Morgan fingerprint density at radius 1 is 1.36 bits per heavy atom. The van der Waals surface area contributed by atoms with E-state index in [0.717, 1.165) is 28.4 Å². The molecule has 28 heavy (non-hydrogen) atoms. The third-order valence-corrected chi connectivity index (χ3v) is 5.18. The van der Waals surface area contributed by atoms with Crippen molar-refractivity contribution < 1.29 is 18.0 Å². The van der Waals surface area contributed by atoms with Crippen molar-refractivity contribution in [3.63, 3.8) is 0 Å². The number of H-pyrrole nitrogens is 1. The first-order valence-electron chi connectivity index (χ1n) is 8.97. The molecule has 1 unspecified atom stereocenters. The van der Waals surface area contributed by atoms with Crippen LogP contribution in [0.15, 0.2) is 24.7 Å². The Labute approximate surface area is 158 Å². The van der Waals surface area contributed by atoms with Crippen molar-refractivity contribution in [3.8, 4) is 0 Å². The summed E-state index contributed by atoms with van der Waals surface area (Å²) >= 11 is 0. The van der Waals surface area contributed by atoms with Crippen LogP contribution < -0.4 is 4.90 Å². The summed E-state index contributed by atoms with van der Waals surface area (Å²) in [4.78, 5) is 23.8. The van der Waals surface area contributed by atoms with Crippen LogP contribution in [-0.4, -0.2) is 63.3 Å². The molecule has 4 rings (SSSR count). The SMILES string of the molecule is CN(C(=O)CC(F)(F)F)C1CCCN(c2[nH]ncc3cnc4nccc4c23)C1. The van der Waals surface area contributed by atoms with Crippen LogP contribution in [0.4, 0.5) is 19.0 Å². The predicted octanol–water partition coefficient (Wildman–Crippen LogP) is 2.89. The van der Waals surface area contributed by atoms with Gasteiger partial charge in [-0.05, 0) is 18.9 Å². The van der Waals surface area contributed by atoms with Crippen molar-refractivity contribution in [1.29, 1.82) is 0 Å². The lowest BCUT2D eigenvalue weighted by Gasteiger charge is -2.38. The van der Waals surface area contributed by atoms with Crippen LogP contribution in [0, 0.1) is 0 Å². The molecule has 1 saturated heterocycles. The van der Waals surface area contributed by atoms with Crippen molar-refractivity contribution in [2.75, 3.05) is 25.0 Å². The van der Waals surface area contributed by atoms with Gasteiger partial charge in [0, 0.05) is 54.7 Å². The molecular weight excluding hydrogens is 373 g/mol. The van der Waals surface area contributed by atoms with Gasteiger partial charge in [-0.1, -0.05) is 0 Å². The highest BCUT2D eigenvalue weighted by Crippen LogP contribution is 2.32. The Morgan fingerprint density at radius 3 is 2.96 bits per heavy atom. The number of piperidine rings is 1. The number of amides is 1. The second kappa shape index (κ2) is 6.92. The van der Waals surface area contributed by atoms with Gasteiger partial charge >= 0.3 is 6.18 Å². The van der Waals surface area contributed by atoms with Gasteiger partial charge in [-0.2, -0.15) is 18.3 Å². The number of pyridine rings is 1. The summed E-state index contributed by atoms with van der Waals surface area (Å²) in [5.41, 5.74) is 0.624. The molecule has 0 bridgehead atoms. The van der Waals surface area contributed by atoms with Gasteiger partial charge in [-0.3, -0.25) is 9.89 Å². The fourth-order valence-electron chi connectivity index (χ4n) is 3.76. The second-order valence-electron chi connectivity index (χ2n) is 7.03. The largest absolute Gasteiger partial charge is 0.397 e. The van der Waals surface area contributed by atoms with E-state index in [9.17, 15) is 18.0 Å². The van der Waals surface area contributed by atoms with Crippen molar-refractivity contribution in [2.45, 2.75) is 31.5 Å². The lowest BCUT2D eigenvalue weighted by Crippen LogP contribution is -2.49. The molecule has 7 nitrogen and oxygen atoms in total. The number of carbonyl (C=O) groups excluding carboxylic acids is 1. The summed E-state index contributed by atoms with van der Waals surface area (Å²) < 4.78 is 37.8. The van der Waals surface area contributed by atoms with Gasteiger partial charge in [-0.25, -0.2) is 9.97 Å². The number of anilines is 1. The first kappa shape index (κ1) is 18.5. The third kappa shape index (κ3) is 3.46. The molecule has 0 radical (unpaired) electrons. The minimum absolute atomic E-state index is 0.303. The van der Waals surface area contributed by atoms with Crippen molar-refractivity contribution in [3.05, 3.63) is 24.7 Å². The molecule has 1 fully saturated rings. The van der Waals surface area contributed by atoms with Crippen LogP contribution in [0.1, 0.15) is 19.3 Å². The zero-order valence-corrected chi connectivity index (χ0v) is 15.2. The number of aromatic amines is 1. The summed E-state index contributed by atoms with van der Waals surface area (Å²) in [5.74, 6) is -0.148. The smallest absolute Gasteiger partial charge is 0.354 e. The molecule has 4 heterocycles. The van der Waals surface area contributed by atoms with E-state index in [0.29, 0.717) is 25.2 Å². The highest BCUT2D eigenvalue weighted by Gasteiger charge is 2.35. The maximum absolute atomic E-state index is 12.6. The van der Waals surface area contributed by atoms with Crippen LogP contribution in [0.25, 0.3) is 21.8 Å². The molecule has 1 aliphatic heterocycles. The number of fused-ring (bicyclic) bond motifs is 3. The van der Waals surface area contributed by atoms with E-state index in [1.807, 2.05) is 11.0 Å². The van der Waals surface area contributed by atoms with Gasteiger partial charge in [0.25, 0.3) is 0 Å². The summed E-state index contributed by atoms with van der Waals surface area (Å²) in [6, 6.07) is 1.57. The Bertz CT molecular complexity index is 1020. The first-order valence-corrected chi connectivity index (χ1v) is 8.97. The third-order valence-electron chi connectivity index (χ3n) is 5.18. The van der Waals surface area contributed by atoms with Gasteiger partial charge in [0.1, 0.15) is 12.2 Å². The minimum Gasteiger partial charge on any atom is -0.354 e. The number of hydrogen-bond donors (Lipinski definition) is 1. The van der Waals surface area contributed by atoms with E-state index in [4.69, 9.17) is 0 Å². The lowest BCUT2D eigenvalue weighted by atomic mass is 10.0. The van der Waals surface area contributed by atoms with E-state index in [1.54, 1.807) is 18.6 Å². The molecular formula is C18H19F3N6O. The topological polar surface area (TPSA) is 78.0 Å². The molecule has 3 aromatic heterocycles. The maximum Gasteiger partial charge on any atom is 0.397 e. The number of alkyl halides is 3. The minimum atomic E-state index is -4.50. The average Bonchev–Trinajstić information content (AvgIpc) is 3.14. The molecule has 0 aromatic carbocycles. The lowest BCUT2D eigenvalue weighted by molar-refractivity contribution is -0.162. The summed E-state index contributed by atoms with van der Waals surface area (Å²) in [6.45, 7) is 1.14. The molecule has 1 N–H and O–H groups in total. The summed E-state index contributed by atoms with van der Waals surface area (Å²) in [6.07, 6.45) is 0.539. The van der Waals surface area contributed by atoms with Gasteiger partial charge in [0.15, 0.2) is 5.65 Å². The molecule has 3 aromatic rings. The number of hydrogen-bond acceptors (Lipinski definition) is 5. The van der Waals surface area contributed by atoms with Crippen LogP contribution in [0.2, 0.25) is 0 Å². The number of nitrogens with zero attached hydrogens (tertiary/aromatic N) is 5. The number of rotatable bonds is 3. The molecule has 10 heteroatoms. The molecule has 1 atom stereocenters. The van der Waals surface area contributed by atoms with E-state index >= 15 is 0 Å². The standard InChI is InChI=1S/C18H19F3N6O/c1-26(14(28)7-18(19,20)21)12-3-2-6-27(10-12)17-15-11(9-24-25-17)8-23-16-13(15)4-5-22-16/h4-5,8-9,12,25H,2-3,6-7,10H2,1H3. The quantitative estimate of drug-likeness (QED) is 0.742. The molecule has 0 aliphatic carbocycles. The highest BCUT2D eigenvalue weighted by atomic mass is 19.4. The Balaban J connectivity index is 1.63. The number of aromatic nitrogens is 4. The highest BCUT2D eigenvalue weighted by molar-refractivity contribution is 6.09. The molecule has 0 spiro atoms. The fraction of sp³-hybridized carbons (Fsp3) is 0.444. The first-order chi connectivity index (χ1) is 13.3. The van der Waals surface area contributed by atoms with Crippen molar-refractivity contribution in [2.24, 2.45) is 0 Å². The van der Waals surface area contributed by atoms with E-state index in [-0.39, 0.29) is 6.04 Å². The van der Waals surface area contributed by atoms with Crippen molar-refractivity contribution >= 4 is 33.5 Å². The number of halogens is 3. The Kier molecular flexibility index (Phi) is 4.56. The van der Waals surface area contributed by atoms with Gasteiger partial charge < -0.3 is 9.80 Å². The Morgan fingerprint density at radius 2 is 2.18 bits per heavy atom. The van der Waals surface area contributed by atoms with Gasteiger partial charge in [0.05, 0.1) is 6.20 Å². The molecule has 148 valence electrons. The predicted molar refractivity (Wildman–Crippen MR) is 97.9 cm³/mol. The number of likely N-dealkylation sites (N-methyl/N-ethyl adjacent to an activating group) is 1. The molecule has 0 saturated carbocycles. The van der Waals surface area contributed by atoms with Crippen molar-refractivity contribution in [1.82, 2.24) is 25.1 Å². The summed E-state index contributed by atoms with van der Waals surface area (Å²) in [7, 11) is 1.44. The molecule has 1 aliphatic rings. The van der Waals surface area contributed by atoms with E-state index in [1.165, 1.54) is 11.9 Å². The monoisotopic (exact) mass is 392 g/mol. The van der Waals surface area contributed by atoms with Gasteiger partial charge in [0.2, 0.25) is 5.91 Å². The normalized spacial score (nSPS) is 18.0. The second-order valence-corrected chi connectivity index (χ2v) is 7.03. The zero-order valence-electron chi connectivity index (χ0n) is 15.2. The van der Waals surface area contributed by atoms with E-state index in [2.05, 4.69) is 20.2 Å². The van der Waals surface area contributed by atoms with E-state index < -0.39 is 18.5 Å². The molecule has 1 amide bonds. The maximum atomic E-state index is 12.6. The average molecular weight is 392 g/mol. The van der Waals surface area contributed by atoms with Crippen LogP contribution in [0.3, 0.4) is 0 Å². The number of nitrogens with one attached hydrogen (secondary N) is 1. The Hall–Kier alpha value is -2.91.